The highest BCUT2D eigenvalue weighted by molar-refractivity contribution is 7.92. The Morgan fingerprint density at radius 3 is 2.67 bits per heavy atom. The molecule has 0 aromatic rings. The third-order valence-electron chi connectivity index (χ3n) is 3.14. The Morgan fingerprint density at radius 2 is 2.07 bits per heavy atom. The highest BCUT2D eigenvalue weighted by Crippen LogP contribution is 2.28. The van der Waals surface area contributed by atoms with E-state index in [0.717, 1.165) is 12.8 Å². The minimum Gasteiger partial charge on any atom is -0.384 e. The number of rotatable bonds is 4. The van der Waals surface area contributed by atoms with Crippen LogP contribution in [0.1, 0.15) is 26.2 Å². The molecule has 3 unspecified atom stereocenters. The zero-order valence-corrected chi connectivity index (χ0v) is 10.3. The van der Waals surface area contributed by atoms with Gasteiger partial charge in [0.2, 0.25) is 0 Å². The molecule has 0 aliphatic heterocycles. The molecule has 3 atom stereocenters. The molecule has 2 N–H and O–H groups in total. The Hall–Kier alpha value is -0.130. The maximum Gasteiger partial charge on any atom is 0.156 e. The average molecular weight is 235 g/mol. The number of sulfone groups is 1. The lowest BCUT2D eigenvalue weighted by Gasteiger charge is -2.31. The lowest BCUT2D eigenvalue weighted by molar-refractivity contribution is 0.216. The van der Waals surface area contributed by atoms with Crippen LogP contribution in [0.2, 0.25) is 0 Å². The van der Waals surface area contributed by atoms with Crippen LogP contribution >= 0.6 is 0 Å². The van der Waals surface area contributed by atoms with Gasteiger partial charge in [0.15, 0.2) is 9.84 Å². The van der Waals surface area contributed by atoms with Gasteiger partial charge in [-0.05, 0) is 25.2 Å². The van der Waals surface area contributed by atoms with Gasteiger partial charge in [-0.15, -0.1) is 0 Å². The fourth-order valence-electron chi connectivity index (χ4n) is 2.12. The van der Waals surface area contributed by atoms with Crippen molar-refractivity contribution < 1.29 is 13.2 Å². The molecule has 0 bridgehead atoms. The van der Waals surface area contributed by atoms with Crippen molar-refractivity contribution in [2.45, 2.75) is 37.5 Å². The van der Waals surface area contributed by atoms with Crippen LogP contribution in [0.5, 0.6) is 0 Å². The zero-order valence-electron chi connectivity index (χ0n) is 9.48. The highest BCUT2D eigenvalue weighted by Gasteiger charge is 2.35. The maximum atomic E-state index is 11.9. The van der Waals surface area contributed by atoms with Gasteiger partial charge in [0.1, 0.15) is 0 Å². The number of hydrogen-bond donors (Lipinski definition) is 1. The third kappa shape index (κ3) is 3.43. The van der Waals surface area contributed by atoms with Gasteiger partial charge in [0, 0.05) is 13.2 Å². The smallest absolute Gasteiger partial charge is 0.156 e. The van der Waals surface area contributed by atoms with Crippen molar-refractivity contribution in [2.24, 2.45) is 11.7 Å². The molecule has 0 radical (unpaired) electrons. The van der Waals surface area contributed by atoms with Crippen LogP contribution in [-0.2, 0) is 14.6 Å². The van der Waals surface area contributed by atoms with E-state index in [0.29, 0.717) is 12.3 Å². The van der Waals surface area contributed by atoms with E-state index in [2.05, 4.69) is 6.92 Å². The summed E-state index contributed by atoms with van der Waals surface area (Å²) in [5.41, 5.74) is 5.88. The Bertz CT molecular complexity index is 289. The molecular formula is C10H21NO3S. The normalized spacial score (nSPS) is 32.9. The predicted octanol–water partition coefficient (Wildman–Crippen LogP) is 0.564. The fraction of sp³-hybridized carbons (Fsp3) is 1.00. The van der Waals surface area contributed by atoms with Gasteiger partial charge in [-0.25, -0.2) is 8.42 Å². The molecule has 1 aliphatic carbocycles. The van der Waals surface area contributed by atoms with Crippen LogP contribution in [-0.4, -0.2) is 39.2 Å². The Morgan fingerprint density at radius 1 is 1.40 bits per heavy atom. The molecule has 90 valence electrons. The predicted molar refractivity (Wildman–Crippen MR) is 60.4 cm³/mol. The number of ether oxygens (including phenoxy) is 1. The first kappa shape index (κ1) is 12.9. The van der Waals surface area contributed by atoms with Gasteiger partial charge in [0.05, 0.1) is 17.6 Å². The Labute approximate surface area is 92.1 Å². The van der Waals surface area contributed by atoms with Crippen LogP contribution in [0.15, 0.2) is 0 Å². The molecule has 0 aromatic carbocycles. The van der Waals surface area contributed by atoms with Crippen LogP contribution in [0.4, 0.5) is 0 Å². The second-order valence-corrected chi connectivity index (χ2v) is 6.82. The molecule has 4 nitrogen and oxygen atoms in total. The molecule has 1 saturated carbocycles. The van der Waals surface area contributed by atoms with Gasteiger partial charge in [0.25, 0.3) is 0 Å². The summed E-state index contributed by atoms with van der Waals surface area (Å²) < 4.78 is 28.7. The summed E-state index contributed by atoms with van der Waals surface area (Å²) in [5.74, 6) is 0.557. The Balaban J connectivity index is 2.67. The lowest BCUT2D eigenvalue weighted by atomic mass is 9.87. The summed E-state index contributed by atoms with van der Waals surface area (Å²) in [6, 6.07) is -0.192. The van der Waals surface area contributed by atoms with E-state index in [9.17, 15) is 8.42 Å². The molecule has 5 heteroatoms. The minimum atomic E-state index is -3.08. The van der Waals surface area contributed by atoms with Gasteiger partial charge in [-0.3, -0.25) is 0 Å². The molecular weight excluding hydrogens is 214 g/mol. The fourth-order valence-corrected chi connectivity index (χ4v) is 4.11. The summed E-state index contributed by atoms with van der Waals surface area (Å²) in [7, 11) is -1.56. The van der Waals surface area contributed by atoms with E-state index in [1.807, 2.05) is 0 Å². The van der Waals surface area contributed by atoms with Crippen LogP contribution in [0, 0.1) is 5.92 Å². The first-order chi connectivity index (χ1) is 6.97. The van der Waals surface area contributed by atoms with Crippen LogP contribution in [0.25, 0.3) is 0 Å². The number of methoxy groups -OCH3 is 1. The molecule has 1 rings (SSSR count). The topological polar surface area (TPSA) is 69.4 Å². The van der Waals surface area contributed by atoms with Gasteiger partial charge >= 0.3 is 0 Å². The maximum absolute atomic E-state index is 11.9. The van der Waals surface area contributed by atoms with E-state index in [4.69, 9.17) is 10.5 Å². The van der Waals surface area contributed by atoms with Crippen molar-refractivity contribution in [3.05, 3.63) is 0 Å². The van der Waals surface area contributed by atoms with E-state index >= 15 is 0 Å². The molecule has 15 heavy (non-hydrogen) atoms. The monoisotopic (exact) mass is 235 g/mol. The molecule has 0 spiro atoms. The molecule has 0 aromatic heterocycles. The summed E-state index contributed by atoms with van der Waals surface area (Å²) in [6.07, 6.45) is 2.56. The molecule has 0 amide bonds. The van der Waals surface area contributed by atoms with Crippen LogP contribution < -0.4 is 5.73 Å². The number of hydrogen-bond acceptors (Lipinski definition) is 4. The van der Waals surface area contributed by atoms with Crippen molar-refractivity contribution in [2.75, 3.05) is 19.5 Å². The second-order valence-electron chi connectivity index (χ2n) is 4.48. The van der Waals surface area contributed by atoms with E-state index < -0.39 is 9.84 Å². The molecule has 1 fully saturated rings. The van der Waals surface area contributed by atoms with Gasteiger partial charge in [-0.2, -0.15) is 0 Å². The Kier molecular flexibility index (Phi) is 4.55. The highest BCUT2D eigenvalue weighted by atomic mass is 32.2. The molecule has 0 saturated heterocycles. The van der Waals surface area contributed by atoms with Crippen molar-refractivity contribution in [3.8, 4) is 0 Å². The summed E-state index contributed by atoms with van der Waals surface area (Å²) in [4.78, 5) is 0. The summed E-state index contributed by atoms with van der Waals surface area (Å²) >= 11 is 0. The van der Waals surface area contributed by atoms with Crippen molar-refractivity contribution in [3.63, 3.8) is 0 Å². The minimum absolute atomic E-state index is 0.0919. The standard InChI is InChI=1S/C10H21NO3S/c1-8-3-4-9(11)10(7-8)15(12,13)6-5-14-2/h8-10H,3-7,11H2,1-2H3. The molecule has 1 aliphatic rings. The SMILES string of the molecule is COCCS(=O)(=O)C1CC(C)CCC1N. The van der Waals surface area contributed by atoms with E-state index in [1.165, 1.54) is 7.11 Å². The average Bonchev–Trinajstić information content (AvgIpc) is 2.18. The summed E-state index contributed by atoms with van der Waals surface area (Å²) in [5, 5.41) is -0.364. The first-order valence-corrected chi connectivity index (χ1v) is 7.15. The van der Waals surface area contributed by atoms with E-state index in [-0.39, 0.29) is 23.7 Å². The van der Waals surface area contributed by atoms with Crippen molar-refractivity contribution in [1.82, 2.24) is 0 Å². The van der Waals surface area contributed by atoms with Crippen molar-refractivity contribution >= 4 is 9.84 Å². The summed E-state index contributed by atoms with van der Waals surface area (Å²) in [6.45, 7) is 2.35. The molecule has 0 heterocycles. The quantitative estimate of drug-likeness (QED) is 0.773. The number of nitrogens with two attached hydrogens (primary N) is 1. The van der Waals surface area contributed by atoms with Gasteiger partial charge in [-0.1, -0.05) is 6.92 Å². The van der Waals surface area contributed by atoms with Gasteiger partial charge < -0.3 is 10.5 Å². The zero-order chi connectivity index (χ0) is 11.5. The third-order valence-corrected chi connectivity index (χ3v) is 5.34. The first-order valence-electron chi connectivity index (χ1n) is 5.43. The second kappa shape index (κ2) is 5.27. The van der Waals surface area contributed by atoms with E-state index in [1.54, 1.807) is 0 Å². The lowest BCUT2D eigenvalue weighted by Crippen LogP contribution is -2.46. The van der Waals surface area contributed by atoms with Crippen molar-refractivity contribution in [1.29, 1.82) is 0 Å². The largest absolute Gasteiger partial charge is 0.384 e. The van der Waals surface area contributed by atoms with Crippen LogP contribution in [0.3, 0.4) is 0 Å².